The Balaban J connectivity index is 1.93. The summed E-state index contributed by atoms with van der Waals surface area (Å²) in [5, 5.41) is 6.88. The van der Waals surface area contributed by atoms with Gasteiger partial charge in [-0.05, 0) is 38.8 Å². The molecule has 0 unspecified atom stereocenters. The minimum Gasteiger partial charge on any atom is -0.348 e. The molecular weight excluding hydrogens is 254 g/mol. The average Bonchev–Trinajstić information content (AvgIpc) is 2.95. The van der Waals surface area contributed by atoms with Crippen molar-refractivity contribution in [2.45, 2.75) is 52.7 Å². The standard InChI is InChI=1S/C15H23N3S/c1-5-14-17-13(11-19-14)10-18-7-6-12(9-18)8-16-15(2,3)4/h6-7,9,11,16H,5,8,10H2,1-4H3. The molecular formula is C15H23N3S. The van der Waals surface area contributed by atoms with E-state index in [1.165, 1.54) is 10.6 Å². The molecule has 0 saturated carbocycles. The number of hydrogen-bond acceptors (Lipinski definition) is 3. The SMILES string of the molecule is CCc1nc(Cn2ccc(CNC(C)(C)C)c2)cs1. The van der Waals surface area contributed by atoms with Gasteiger partial charge in [-0.1, -0.05) is 6.92 Å². The van der Waals surface area contributed by atoms with E-state index in [9.17, 15) is 0 Å². The molecule has 1 N–H and O–H groups in total. The maximum absolute atomic E-state index is 4.60. The molecule has 0 radical (unpaired) electrons. The molecule has 2 aromatic heterocycles. The molecule has 19 heavy (non-hydrogen) atoms. The zero-order valence-corrected chi connectivity index (χ0v) is 13.0. The van der Waals surface area contributed by atoms with Gasteiger partial charge in [0, 0.05) is 29.9 Å². The summed E-state index contributed by atoms with van der Waals surface area (Å²) in [5.74, 6) is 0. The molecule has 0 amide bonds. The van der Waals surface area contributed by atoms with Gasteiger partial charge in [-0.3, -0.25) is 0 Å². The molecule has 2 heterocycles. The van der Waals surface area contributed by atoms with Crippen molar-refractivity contribution >= 4 is 11.3 Å². The maximum Gasteiger partial charge on any atom is 0.0926 e. The van der Waals surface area contributed by atoms with Crippen molar-refractivity contribution in [2.24, 2.45) is 0 Å². The summed E-state index contributed by atoms with van der Waals surface area (Å²) < 4.78 is 2.20. The van der Waals surface area contributed by atoms with Crippen LogP contribution in [0.5, 0.6) is 0 Å². The summed E-state index contributed by atoms with van der Waals surface area (Å²) in [6.45, 7) is 10.5. The summed E-state index contributed by atoms with van der Waals surface area (Å²) in [7, 11) is 0. The Bertz CT molecular complexity index is 519. The molecule has 2 rings (SSSR count). The van der Waals surface area contributed by atoms with Gasteiger partial charge >= 0.3 is 0 Å². The number of rotatable bonds is 5. The van der Waals surface area contributed by atoms with Gasteiger partial charge in [0.25, 0.3) is 0 Å². The van der Waals surface area contributed by atoms with Crippen LogP contribution in [0.4, 0.5) is 0 Å². The lowest BCUT2D eigenvalue weighted by Crippen LogP contribution is -2.34. The lowest BCUT2D eigenvalue weighted by molar-refractivity contribution is 0.424. The van der Waals surface area contributed by atoms with Crippen LogP contribution in [0.25, 0.3) is 0 Å². The fourth-order valence-corrected chi connectivity index (χ4v) is 2.57. The molecule has 0 spiro atoms. The number of nitrogens with zero attached hydrogens (tertiary/aromatic N) is 2. The second kappa shape index (κ2) is 5.88. The van der Waals surface area contributed by atoms with Crippen LogP contribution in [-0.4, -0.2) is 15.1 Å². The number of nitrogens with one attached hydrogen (secondary N) is 1. The number of hydrogen-bond donors (Lipinski definition) is 1. The largest absolute Gasteiger partial charge is 0.348 e. The van der Waals surface area contributed by atoms with Crippen LogP contribution in [0, 0.1) is 0 Å². The highest BCUT2D eigenvalue weighted by Gasteiger charge is 2.09. The quantitative estimate of drug-likeness (QED) is 0.907. The van der Waals surface area contributed by atoms with Crippen LogP contribution < -0.4 is 5.32 Å². The number of thiazole rings is 1. The van der Waals surface area contributed by atoms with Crippen molar-refractivity contribution in [1.29, 1.82) is 0 Å². The molecule has 104 valence electrons. The van der Waals surface area contributed by atoms with E-state index in [2.05, 4.69) is 66.4 Å². The highest BCUT2D eigenvalue weighted by Crippen LogP contribution is 2.12. The van der Waals surface area contributed by atoms with E-state index < -0.39 is 0 Å². The van der Waals surface area contributed by atoms with E-state index in [0.717, 1.165) is 25.2 Å². The molecule has 0 fully saturated rings. The van der Waals surface area contributed by atoms with Gasteiger partial charge in [-0.2, -0.15) is 0 Å². The van der Waals surface area contributed by atoms with Gasteiger partial charge in [0.15, 0.2) is 0 Å². The topological polar surface area (TPSA) is 29.9 Å². The molecule has 0 atom stereocenters. The zero-order valence-electron chi connectivity index (χ0n) is 12.2. The van der Waals surface area contributed by atoms with E-state index >= 15 is 0 Å². The van der Waals surface area contributed by atoms with E-state index in [1.807, 2.05) is 0 Å². The van der Waals surface area contributed by atoms with Crippen molar-refractivity contribution in [3.05, 3.63) is 40.1 Å². The Kier molecular flexibility index (Phi) is 4.42. The van der Waals surface area contributed by atoms with Crippen molar-refractivity contribution in [1.82, 2.24) is 14.9 Å². The molecule has 0 aliphatic rings. The maximum atomic E-state index is 4.60. The third kappa shape index (κ3) is 4.48. The lowest BCUT2D eigenvalue weighted by Gasteiger charge is -2.19. The fourth-order valence-electron chi connectivity index (χ4n) is 1.83. The Morgan fingerprint density at radius 2 is 2.16 bits per heavy atom. The minimum absolute atomic E-state index is 0.160. The summed E-state index contributed by atoms with van der Waals surface area (Å²) in [6, 6.07) is 2.17. The van der Waals surface area contributed by atoms with Gasteiger partial charge < -0.3 is 9.88 Å². The molecule has 3 nitrogen and oxygen atoms in total. The molecule has 0 aromatic carbocycles. The van der Waals surface area contributed by atoms with Crippen LogP contribution in [0.2, 0.25) is 0 Å². The Morgan fingerprint density at radius 3 is 2.79 bits per heavy atom. The zero-order chi connectivity index (χ0) is 13.9. The summed E-state index contributed by atoms with van der Waals surface area (Å²) >= 11 is 1.75. The van der Waals surface area contributed by atoms with Crippen LogP contribution >= 0.6 is 11.3 Å². The summed E-state index contributed by atoms with van der Waals surface area (Å²) in [5.41, 5.74) is 2.64. The molecule has 0 bridgehead atoms. The van der Waals surface area contributed by atoms with Gasteiger partial charge in [0.1, 0.15) is 0 Å². The van der Waals surface area contributed by atoms with Crippen LogP contribution in [0.3, 0.4) is 0 Å². The molecule has 2 aromatic rings. The van der Waals surface area contributed by atoms with Crippen molar-refractivity contribution in [3.8, 4) is 0 Å². The number of aryl methyl sites for hydroxylation is 1. The van der Waals surface area contributed by atoms with E-state index in [0.29, 0.717) is 0 Å². The first-order chi connectivity index (χ1) is 8.96. The highest BCUT2D eigenvalue weighted by molar-refractivity contribution is 7.09. The van der Waals surface area contributed by atoms with Crippen LogP contribution in [-0.2, 0) is 19.5 Å². The third-order valence-electron chi connectivity index (χ3n) is 2.88. The third-order valence-corrected chi connectivity index (χ3v) is 3.92. The Labute approximate surface area is 119 Å². The van der Waals surface area contributed by atoms with Gasteiger partial charge in [-0.25, -0.2) is 4.98 Å². The van der Waals surface area contributed by atoms with Gasteiger partial charge in [-0.15, -0.1) is 11.3 Å². The predicted octanol–water partition coefficient (Wildman–Crippen LogP) is 3.44. The average molecular weight is 277 g/mol. The highest BCUT2D eigenvalue weighted by atomic mass is 32.1. The minimum atomic E-state index is 0.160. The second-order valence-electron chi connectivity index (χ2n) is 5.88. The van der Waals surface area contributed by atoms with Crippen molar-refractivity contribution < 1.29 is 0 Å². The molecule has 0 aliphatic carbocycles. The van der Waals surface area contributed by atoms with E-state index in [-0.39, 0.29) is 5.54 Å². The Hall–Kier alpha value is -1.13. The monoisotopic (exact) mass is 277 g/mol. The molecule has 0 saturated heterocycles. The smallest absolute Gasteiger partial charge is 0.0926 e. The predicted molar refractivity (Wildman–Crippen MR) is 81.6 cm³/mol. The first kappa shape index (κ1) is 14.3. The summed E-state index contributed by atoms with van der Waals surface area (Å²) in [6.07, 6.45) is 5.35. The first-order valence-electron chi connectivity index (χ1n) is 6.79. The van der Waals surface area contributed by atoms with E-state index in [4.69, 9.17) is 0 Å². The van der Waals surface area contributed by atoms with Crippen molar-refractivity contribution in [3.63, 3.8) is 0 Å². The first-order valence-corrected chi connectivity index (χ1v) is 7.67. The lowest BCUT2D eigenvalue weighted by atomic mass is 10.1. The fraction of sp³-hybridized carbons (Fsp3) is 0.533. The van der Waals surface area contributed by atoms with Gasteiger partial charge in [0.2, 0.25) is 0 Å². The molecule has 0 aliphatic heterocycles. The van der Waals surface area contributed by atoms with E-state index in [1.54, 1.807) is 11.3 Å². The molecule has 4 heteroatoms. The van der Waals surface area contributed by atoms with Crippen molar-refractivity contribution in [2.75, 3.05) is 0 Å². The van der Waals surface area contributed by atoms with Crippen LogP contribution in [0.1, 0.15) is 44.0 Å². The second-order valence-corrected chi connectivity index (χ2v) is 6.82. The number of aromatic nitrogens is 2. The normalized spacial score (nSPS) is 12.0. The van der Waals surface area contributed by atoms with Gasteiger partial charge in [0.05, 0.1) is 17.2 Å². The summed E-state index contributed by atoms with van der Waals surface area (Å²) in [4.78, 5) is 4.60. The van der Waals surface area contributed by atoms with Crippen LogP contribution in [0.15, 0.2) is 23.8 Å². The Morgan fingerprint density at radius 1 is 1.37 bits per heavy atom.